The van der Waals surface area contributed by atoms with Gasteiger partial charge in [0.15, 0.2) is 0 Å². The van der Waals surface area contributed by atoms with Crippen LogP contribution in [0.25, 0.3) is 0 Å². The van der Waals surface area contributed by atoms with Gasteiger partial charge in [0, 0.05) is 29.9 Å². The second-order valence-electron chi connectivity index (χ2n) is 4.10. The lowest BCUT2D eigenvalue weighted by molar-refractivity contribution is 0.0912. The Labute approximate surface area is 119 Å². The highest BCUT2D eigenvalue weighted by atomic mass is 32.1. The van der Waals surface area contributed by atoms with Gasteiger partial charge in [-0.3, -0.25) is 9.48 Å². The Morgan fingerprint density at radius 3 is 3.00 bits per heavy atom. The van der Waals surface area contributed by atoms with Crippen LogP contribution in [-0.4, -0.2) is 27.4 Å². The Morgan fingerprint density at radius 2 is 2.35 bits per heavy atom. The molecule has 0 radical (unpaired) electrons. The van der Waals surface area contributed by atoms with E-state index < -0.39 is 0 Å². The molecule has 3 rings (SSSR count). The first kappa shape index (κ1) is 12.6. The van der Waals surface area contributed by atoms with Gasteiger partial charge in [-0.1, -0.05) is 11.2 Å². The number of nitrogens with zero attached hydrogens (tertiary/aromatic N) is 3. The van der Waals surface area contributed by atoms with E-state index in [2.05, 4.69) is 15.6 Å². The number of rotatable bonds is 5. The fourth-order valence-electron chi connectivity index (χ4n) is 1.88. The summed E-state index contributed by atoms with van der Waals surface area (Å²) in [5.41, 5.74) is 0. The SMILES string of the molecule is O=C(NC[C@H](c1cccs1)n1cccn1)c1ccno1. The van der Waals surface area contributed by atoms with Crippen molar-refractivity contribution in [1.82, 2.24) is 20.3 Å². The quantitative estimate of drug-likeness (QED) is 0.779. The largest absolute Gasteiger partial charge is 0.351 e. The van der Waals surface area contributed by atoms with Crippen molar-refractivity contribution in [3.8, 4) is 0 Å². The summed E-state index contributed by atoms with van der Waals surface area (Å²) in [6.07, 6.45) is 5.04. The molecule has 0 bridgehead atoms. The minimum Gasteiger partial charge on any atom is -0.351 e. The molecule has 0 aliphatic rings. The summed E-state index contributed by atoms with van der Waals surface area (Å²) >= 11 is 1.63. The minimum atomic E-state index is -0.281. The molecule has 6 nitrogen and oxygen atoms in total. The molecular formula is C13H12N4O2S. The van der Waals surface area contributed by atoms with Gasteiger partial charge in [0.1, 0.15) is 6.04 Å². The van der Waals surface area contributed by atoms with Crippen molar-refractivity contribution in [2.75, 3.05) is 6.54 Å². The van der Waals surface area contributed by atoms with Crippen LogP contribution in [0.3, 0.4) is 0 Å². The summed E-state index contributed by atoms with van der Waals surface area (Å²) in [4.78, 5) is 13.0. The van der Waals surface area contributed by atoms with E-state index in [0.717, 1.165) is 4.88 Å². The van der Waals surface area contributed by atoms with Gasteiger partial charge >= 0.3 is 0 Å². The summed E-state index contributed by atoms with van der Waals surface area (Å²) in [7, 11) is 0. The van der Waals surface area contributed by atoms with Gasteiger partial charge in [-0.05, 0) is 17.5 Å². The molecule has 1 amide bonds. The van der Waals surface area contributed by atoms with Crippen LogP contribution in [0.1, 0.15) is 21.5 Å². The molecule has 0 aliphatic heterocycles. The zero-order chi connectivity index (χ0) is 13.8. The lowest BCUT2D eigenvalue weighted by Gasteiger charge is -2.16. The second-order valence-corrected chi connectivity index (χ2v) is 5.08. The third-order valence-electron chi connectivity index (χ3n) is 2.83. The highest BCUT2D eigenvalue weighted by Gasteiger charge is 2.18. The van der Waals surface area contributed by atoms with Crippen LogP contribution in [0.2, 0.25) is 0 Å². The van der Waals surface area contributed by atoms with E-state index in [9.17, 15) is 4.79 Å². The number of amides is 1. The standard InChI is InChI=1S/C13H12N4O2S/c18-13(11-4-6-16-19-11)14-9-10(12-3-1-8-20-12)17-7-2-5-15-17/h1-8,10H,9H2,(H,14,18)/t10-/m1/s1. The van der Waals surface area contributed by atoms with E-state index in [-0.39, 0.29) is 17.7 Å². The molecule has 1 atom stereocenters. The average Bonchev–Trinajstić information content (AvgIpc) is 3.22. The lowest BCUT2D eigenvalue weighted by atomic mass is 10.2. The fourth-order valence-corrected chi connectivity index (χ4v) is 2.70. The molecule has 20 heavy (non-hydrogen) atoms. The summed E-state index contributed by atoms with van der Waals surface area (Å²) < 4.78 is 6.65. The molecule has 0 spiro atoms. The third kappa shape index (κ3) is 2.62. The van der Waals surface area contributed by atoms with E-state index in [1.807, 2.05) is 34.5 Å². The Morgan fingerprint density at radius 1 is 1.40 bits per heavy atom. The van der Waals surface area contributed by atoms with Crippen LogP contribution in [0.5, 0.6) is 0 Å². The maximum Gasteiger partial charge on any atom is 0.289 e. The first-order valence-corrected chi connectivity index (χ1v) is 6.94. The average molecular weight is 288 g/mol. The molecule has 7 heteroatoms. The van der Waals surface area contributed by atoms with Crippen molar-refractivity contribution in [1.29, 1.82) is 0 Å². The first-order chi connectivity index (χ1) is 9.84. The van der Waals surface area contributed by atoms with Crippen molar-refractivity contribution in [3.05, 3.63) is 58.9 Å². The van der Waals surface area contributed by atoms with E-state index in [1.165, 1.54) is 12.3 Å². The summed E-state index contributed by atoms with van der Waals surface area (Å²) in [6.45, 7) is 0.432. The normalized spacial score (nSPS) is 12.2. The van der Waals surface area contributed by atoms with Crippen LogP contribution >= 0.6 is 11.3 Å². The molecule has 0 unspecified atom stereocenters. The summed E-state index contributed by atoms with van der Waals surface area (Å²) in [5.74, 6) is -0.0772. The number of thiophene rings is 1. The van der Waals surface area contributed by atoms with Gasteiger partial charge in [0.05, 0.1) is 6.20 Å². The summed E-state index contributed by atoms with van der Waals surface area (Å²) in [6, 6.07) is 7.37. The number of carbonyl (C=O) groups is 1. The molecule has 1 N–H and O–H groups in total. The van der Waals surface area contributed by atoms with Crippen molar-refractivity contribution in [2.45, 2.75) is 6.04 Å². The van der Waals surface area contributed by atoms with Gasteiger partial charge < -0.3 is 9.84 Å². The van der Waals surface area contributed by atoms with Gasteiger partial charge in [0.25, 0.3) is 5.91 Å². The Bertz CT molecular complexity index is 612. The topological polar surface area (TPSA) is 73.0 Å². The van der Waals surface area contributed by atoms with Gasteiger partial charge in [-0.15, -0.1) is 11.3 Å². The molecular weight excluding hydrogens is 276 g/mol. The third-order valence-corrected chi connectivity index (χ3v) is 3.81. The van der Waals surface area contributed by atoms with Crippen molar-refractivity contribution in [2.24, 2.45) is 0 Å². The number of hydrogen-bond donors (Lipinski definition) is 1. The van der Waals surface area contributed by atoms with Gasteiger partial charge in [0.2, 0.25) is 5.76 Å². The molecule has 0 saturated carbocycles. The number of nitrogens with one attached hydrogen (secondary N) is 1. The Balaban J connectivity index is 1.73. The Kier molecular flexibility index (Phi) is 3.60. The zero-order valence-corrected chi connectivity index (χ0v) is 11.3. The Hall–Kier alpha value is -2.41. The van der Waals surface area contributed by atoms with Crippen LogP contribution in [0.4, 0.5) is 0 Å². The molecule has 0 saturated heterocycles. The van der Waals surface area contributed by atoms with Crippen LogP contribution in [-0.2, 0) is 0 Å². The molecule has 102 valence electrons. The maximum absolute atomic E-state index is 11.9. The van der Waals surface area contributed by atoms with E-state index in [4.69, 9.17) is 4.52 Å². The van der Waals surface area contributed by atoms with E-state index in [0.29, 0.717) is 6.54 Å². The van der Waals surface area contributed by atoms with Crippen LogP contribution < -0.4 is 5.32 Å². The number of carbonyl (C=O) groups excluding carboxylic acids is 1. The summed E-state index contributed by atoms with van der Waals surface area (Å²) in [5, 5.41) is 12.6. The molecule has 3 heterocycles. The molecule has 0 aromatic carbocycles. The number of aromatic nitrogens is 3. The molecule has 3 aromatic heterocycles. The fraction of sp³-hybridized carbons (Fsp3) is 0.154. The van der Waals surface area contributed by atoms with Gasteiger partial charge in [-0.2, -0.15) is 5.10 Å². The molecule has 3 aromatic rings. The second kappa shape index (κ2) is 5.70. The smallest absolute Gasteiger partial charge is 0.289 e. The van der Waals surface area contributed by atoms with Crippen LogP contribution in [0, 0.1) is 0 Å². The number of hydrogen-bond acceptors (Lipinski definition) is 5. The van der Waals surface area contributed by atoms with Crippen molar-refractivity contribution >= 4 is 17.2 Å². The highest BCUT2D eigenvalue weighted by molar-refractivity contribution is 7.10. The predicted octanol–water partition coefficient (Wildman–Crippen LogP) is 1.95. The molecule has 0 aliphatic carbocycles. The predicted molar refractivity (Wildman–Crippen MR) is 73.5 cm³/mol. The molecule has 0 fully saturated rings. The van der Waals surface area contributed by atoms with Crippen LogP contribution in [0.15, 0.2) is 52.8 Å². The van der Waals surface area contributed by atoms with Crippen molar-refractivity contribution < 1.29 is 9.32 Å². The van der Waals surface area contributed by atoms with E-state index in [1.54, 1.807) is 17.5 Å². The van der Waals surface area contributed by atoms with E-state index >= 15 is 0 Å². The lowest BCUT2D eigenvalue weighted by Crippen LogP contribution is -2.31. The maximum atomic E-state index is 11.9. The minimum absolute atomic E-state index is 0.0307. The zero-order valence-electron chi connectivity index (χ0n) is 10.5. The monoisotopic (exact) mass is 288 g/mol. The van der Waals surface area contributed by atoms with Crippen molar-refractivity contribution in [3.63, 3.8) is 0 Å². The first-order valence-electron chi connectivity index (χ1n) is 6.06. The van der Waals surface area contributed by atoms with Gasteiger partial charge in [-0.25, -0.2) is 0 Å². The highest BCUT2D eigenvalue weighted by Crippen LogP contribution is 2.21.